The Labute approximate surface area is 169 Å². The molecule has 1 fully saturated rings. The van der Waals surface area contributed by atoms with Gasteiger partial charge in [-0.25, -0.2) is 4.39 Å². The molecule has 1 aromatic carbocycles. The summed E-state index contributed by atoms with van der Waals surface area (Å²) < 4.78 is 13.5. The smallest absolute Gasteiger partial charge is 0.233 e. The van der Waals surface area contributed by atoms with Crippen molar-refractivity contribution in [2.24, 2.45) is 0 Å². The molecular formula is C18H22Cl2FN3OS. The Morgan fingerprint density at radius 1 is 1.31 bits per heavy atom. The number of halogens is 3. The quantitative estimate of drug-likeness (QED) is 0.808. The minimum atomic E-state index is -0.267. The molecule has 1 amide bonds. The van der Waals surface area contributed by atoms with E-state index in [0.29, 0.717) is 18.8 Å². The number of rotatable bonds is 5. The molecule has 1 saturated heterocycles. The Balaban J connectivity index is 0.00000169. The van der Waals surface area contributed by atoms with Gasteiger partial charge in [0.05, 0.1) is 11.8 Å². The van der Waals surface area contributed by atoms with Gasteiger partial charge in [-0.1, -0.05) is 18.2 Å². The van der Waals surface area contributed by atoms with Crippen molar-refractivity contribution in [3.8, 4) is 0 Å². The molecule has 0 saturated carbocycles. The zero-order valence-electron chi connectivity index (χ0n) is 14.1. The molecule has 4 nitrogen and oxygen atoms in total. The van der Waals surface area contributed by atoms with Crippen LogP contribution >= 0.6 is 36.6 Å². The number of piperazine rings is 1. The van der Waals surface area contributed by atoms with Crippen LogP contribution in [0.15, 0.2) is 48.8 Å². The molecule has 8 heteroatoms. The molecule has 2 heterocycles. The van der Waals surface area contributed by atoms with Crippen LogP contribution in [0.25, 0.3) is 0 Å². The van der Waals surface area contributed by atoms with Gasteiger partial charge in [-0.2, -0.15) is 0 Å². The van der Waals surface area contributed by atoms with E-state index in [1.165, 1.54) is 12.1 Å². The van der Waals surface area contributed by atoms with E-state index < -0.39 is 0 Å². The molecule has 1 unspecified atom stereocenters. The van der Waals surface area contributed by atoms with E-state index >= 15 is 0 Å². The zero-order chi connectivity index (χ0) is 16.8. The molecule has 0 aliphatic carbocycles. The first-order valence-electron chi connectivity index (χ1n) is 7.96. The van der Waals surface area contributed by atoms with Crippen molar-refractivity contribution in [1.29, 1.82) is 0 Å². The fourth-order valence-corrected chi connectivity index (χ4v) is 3.69. The van der Waals surface area contributed by atoms with Crippen molar-refractivity contribution < 1.29 is 9.18 Å². The Kier molecular flexibility index (Phi) is 9.94. The van der Waals surface area contributed by atoms with E-state index in [-0.39, 0.29) is 42.6 Å². The third kappa shape index (κ3) is 6.13. The van der Waals surface area contributed by atoms with Crippen LogP contribution in [0.2, 0.25) is 0 Å². The summed E-state index contributed by atoms with van der Waals surface area (Å²) in [6.45, 7) is 2.07. The van der Waals surface area contributed by atoms with Gasteiger partial charge in [0, 0.05) is 37.8 Å². The Morgan fingerprint density at radius 3 is 2.88 bits per heavy atom. The predicted octanol–water partition coefficient (Wildman–Crippen LogP) is 3.47. The van der Waals surface area contributed by atoms with Crippen LogP contribution in [0.1, 0.15) is 17.2 Å². The van der Waals surface area contributed by atoms with Gasteiger partial charge in [0.2, 0.25) is 5.91 Å². The highest BCUT2D eigenvalue weighted by molar-refractivity contribution is 7.99. The van der Waals surface area contributed by atoms with Crippen molar-refractivity contribution in [3.05, 3.63) is 65.7 Å². The lowest BCUT2D eigenvalue weighted by Crippen LogP contribution is -2.49. The van der Waals surface area contributed by atoms with Gasteiger partial charge >= 0.3 is 0 Å². The van der Waals surface area contributed by atoms with Gasteiger partial charge in [0.15, 0.2) is 0 Å². The predicted molar refractivity (Wildman–Crippen MR) is 109 cm³/mol. The van der Waals surface area contributed by atoms with Crippen LogP contribution in [0, 0.1) is 5.82 Å². The fraction of sp³-hybridized carbons (Fsp3) is 0.333. The van der Waals surface area contributed by atoms with Crippen LogP contribution < -0.4 is 5.32 Å². The van der Waals surface area contributed by atoms with Crippen molar-refractivity contribution >= 4 is 42.5 Å². The SMILES string of the molecule is Cl.Cl.O=C(CSCc1cccnc1)N1CCNCC1c1cccc(F)c1. The molecule has 1 aliphatic rings. The van der Waals surface area contributed by atoms with E-state index in [2.05, 4.69) is 10.3 Å². The van der Waals surface area contributed by atoms with Gasteiger partial charge < -0.3 is 10.2 Å². The first kappa shape index (κ1) is 22.7. The van der Waals surface area contributed by atoms with Crippen LogP contribution in [0.4, 0.5) is 4.39 Å². The van der Waals surface area contributed by atoms with Crippen molar-refractivity contribution in [3.63, 3.8) is 0 Å². The lowest BCUT2D eigenvalue weighted by molar-refractivity contribution is -0.131. The zero-order valence-corrected chi connectivity index (χ0v) is 16.6. The number of thioether (sulfide) groups is 1. The second-order valence-electron chi connectivity index (χ2n) is 5.72. The highest BCUT2D eigenvalue weighted by Gasteiger charge is 2.27. The highest BCUT2D eigenvalue weighted by atomic mass is 35.5. The second-order valence-corrected chi connectivity index (χ2v) is 6.70. The first-order chi connectivity index (χ1) is 11.7. The summed E-state index contributed by atoms with van der Waals surface area (Å²) in [5.74, 6) is 1.01. The van der Waals surface area contributed by atoms with Gasteiger partial charge in [-0.05, 0) is 29.3 Å². The van der Waals surface area contributed by atoms with Gasteiger partial charge in [-0.3, -0.25) is 9.78 Å². The molecule has 0 bridgehead atoms. The van der Waals surface area contributed by atoms with Gasteiger partial charge in [0.1, 0.15) is 5.82 Å². The van der Waals surface area contributed by atoms with E-state index in [9.17, 15) is 9.18 Å². The highest BCUT2D eigenvalue weighted by Crippen LogP contribution is 2.24. The molecule has 0 radical (unpaired) electrons. The molecule has 142 valence electrons. The normalized spacial score (nSPS) is 16.3. The van der Waals surface area contributed by atoms with Crippen molar-refractivity contribution in [1.82, 2.24) is 15.2 Å². The number of carbonyl (C=O) groups excluding carboxylic acids is 1. The second kappa shape index (κ2) is 11.4. The standard InChI is InChI=1S/C18H20FN3OS.2ClH/c19-16-5-1-4-15(9-16)17-11-21-7-8-22(17)18(23)13-24-12-14-3-2-6-20-10-14;;/h1-6,9-10,17,21H,7-8,11-13H2;2*1H. The molecule has 0 spiro atoms. The summed E-state index contributed by atoms with van der Waals surface area (Å²) in [7, 11) is 0. The third-order valence-electron chi connectivity index (χ3n) is 4.01. The van der Waals surface area contributed by atoms with Gasteiger partial charge in [0.25, 0.3) is 0 Å². The monoisotopic (exact) mass is 417 g/mol. The fourth-order valence-electron chi connectivity index (χ4n) is 2.84. The summed E-state index contributed by atoms with van der Waals surface area (Å²) >= 11 is 1.58. The van der Waals surface area contributed by atoms with Crippen LogP contribution in [0.3, 0.4) is 0 Å². The summed E-state index contributed by atoms with van der Waals surface area (Å²) in [4.78, 5) is 18.6. The number of carbonyl (C=O) groups is 1. The van der Waals surface area contributed by atoms with E-state index in [4.69, 9.17) is 0 Å². The summed E-state index contributed by atoms with van der Waals surface area (Å²) in [5.41, 5.74) is 1.95. The molecular weight excluding hydrogens is 396 g/mol. The lowest BCUT2D eigenvalue weighted by Gasteiger charge is -2.36. The molecule has 3 rings (SSSR count). The number of amides is 1. The Hall–Kier alpha value is -1.34. The van der Waals surface area contributed by atoms with Crippen molar-refractivity contribution in [2.75, 3.05) is 25.4 Å². The molecule has 1 aliphatic heterocycles. The Morgan fingerprint density at radius 2 is 2.15 bits per heavy atom. The molecule has 1 atom stereocenters. The third-order valence-corrected chi connectivity index (χ3v) is 5.00. The number of benzene rings is 1. The topological polar surface area (TPSA) is 45.2 Å². The first-order valence-corrected chi connectivity index (χ1v) is 9.12. The summed E-state index contributed by atoms with van der Waals surface area (Å²) in [6.07, 6.45) is 3.56. The Bertz CT molecular complexity index is 693. The summed E-state index contributed by atoms with van der Waals surface area (Å²) in [5, 5.41) is 3.29. The minimum absolute atomic E-state index is 0. The number of hydrogen-bond donors (Lipinski definition) is 1. The lowest BCUT2D eigenvalue weighted by atomic mass is 10.0. The maximum Gasteiger partial charge on any atom is 0.233 e. The maximum absolute atomic E-state index is 13.5. The van der Waals surface area contributed by atoms with Gasteiger partial charge in [-0.15, -0.1) is 36.6 Å². The van der Waals surface area contributed by atoms with Crippen molar-refractivity contribution in [2.45, 2.75) is 11.8 Å². The number of hydrogen-bond acceptors (Lipinski definition) is 4. The molecule has 1 N–H and O–H groups in total. The molecule has 26 heavy (non-hydrogen) atoms. The average Bonchev–Trinajstić information content (AvgIpc) is 2.62. The number of pyridine rings is 1. The number of nitrogens with zero attached hydrogens (tertiary/aromatic N) is 2. The average molecular weight is 418 g/mol. The molecule has 1 aromatic heterocycles. The summed E-state index contributed by atoms with van der Waals surface area (Å²) in [6, 6.07) is 10.3. The van der Waals surface area contributed by atoms with Crippen LogP contribution in [-0.4, -0.2) is 41.2 Å². The van der Waals surface area contributed by atoms with E-state index in [0.717, 1.165) is 23.4 Å². The van der Waals surface area contributed by atoms with Crippen LogP contribution in [-0.2, 0) is 10.5 Å². The largest absolute Gasteiger partial charge is 0.332 e. The number of aromatic nitrogens is 1. The maximum atomic E-state index is 13.5. The van der Waals surface area contributed by atoms with E-state index in [1.807, 2.05) is 29.3 Å². The van der Waals surface area contributed by atoms with E-state index in [1.54, 1.807) is 24.0 Å². The molecule has 2 aromatic rings. The minimum Gasteiger partial charge on any atom is -0.332 e. The number of nitrogens with one attached hydrogen (secondary N) is 1. The van der Waals surface area contributed by atoms with Crippen LogP contribution in [0.5, 0.6) is 0 Å².